The third-order valence-electron chi connectivity index (χ3n) is 2.83. The SMILES string of the molecule is Cc1cc(C)cc(C(Cc2cccs2)NN)c1. The van der Waals surface area contributed by atoms with E-state index in [-0.39, 0.29) is 6.04 Å². The van der Waals surface area contributed by atoms with Gasteiger partial charge in [-0.25, -0.2) is 0 Å². The zero-order valence-electron chi connectivity index (χ0n) is 10.2. The molecular weight excluding hydrogens is 228 g/mol. The molecule has 3 N–H and O–H groups in total. The smallest absolute Gasteiger partial charge is 0.0508 e. The van der Waals surface area contributed by atoms with E-state index in [0.717, 1.165) is 6.42 Å². The fraction of sp³-hybridized carbons (Fsp3) is 0.286. The van der Waals surface area contributed by atoms with E-state index in [2.05, 4.69) is 55.0 Å². The Balaban J connectivity index is 2.22. The second-order valence-electron chi connectivity index (χ2n) is 4.42. The van der Waals surface area contributed by atoms with Crippen LogP contribution in [0.5, 0.6) is 0 Å². The van der Waals surface area contributed by atoms with Crippen molar-refractivity contribution < 1.29 is 0 Å². The minimum absolute atomic E-state index is 0.187. The molecule has 2 nitrogen and oxygen atoms in total. The quantitative estimate of drug-likeness (QED) is 0.642. The van der Waals surface area contributed by atoms with E-state index in [1.807, 2.05) is 0 Å². The van der Waals surface area contributed by atoms with E-state index in [1.165, 1.54) is 21.6 Å². The van der Waals surface area contributed by atoms with Crippen LogP contribution in [0.2, 0.25) is 0 Å². The summed E-state index contributed by atoms with van der Waals surface area (Å²) in [6.07, 6.45) is 0.942. The van der Waals surface area contributed by atoms with Gasteiger partial charge in [0.05, 0.1) is 6.04 Å². The highest BCUT2D eigenvalue weighted by Gasteiger charge is 2.11. The minimum Gasteiger partial charge on any atom is -0.271 e. The summed E-state index contributed by atoms with van der Waals surface area (Å²) in [5, 5.41) is 2.10. The second-order valence-corrected chi connectivity index (χ2v) is 5.46. The molecule has 0 fully saturated rings. The summed E-state index contributed by atoms with van der Waals surface area (Å²) in [5.41, 5.74) is 6.75. The van der Waals surface area contributed by atoms with Gasteiger partial charge in [-0.15, -0.1) is 11.3 Å². The molecule has 0 amide bonds. The third kappa shape index (κ3) is 3.16. The van der Waals surface area contributed by atoms with Crippen LogP contribution in [0.25, 0.3) is 0 Å². The third-order valence-corrected chi connectivity index (χ3v) is 3.73. The molecule has 1 unspecified atom stereocenters. The first-order valence-electron chi connectivity index (χ1n) is 5.76. The van der Waals surface area contributed by atoms with E-state index >= 15 is 0 Å². The average Bonchev–Trinajstić information content (AvgIpc) is 2.77. The van der Waals surface area contributed by atoms with Gasteiger partial charge in [0.25, 0.3) is 0 Å². The molecule has 1 heterocycles. The first kappa shape index (κ1) is 12.3. The van der Waals surface area contributed by atoms with Gasteiger partial charge >= 0.3 is 0 Å². The van der Waals surface area contributed by atoms with E-state index in [0.29, 0.717) is 0 Å². The van der Waals surface area contributed by atoms with E-state index < -0.39 is 0 Å². The van der Waals surface area contributed by atoms with Crippen molar-refractivity contribution in [3.63, 3.8) is 0 Å². The van der Waals surface area contributed by atoms with E-state index in [1.54, 1.807) is 11.3 Å². The number of hydrogen-bond donors (Lipinski definition) is 2. The minimum atomic E-state index is 0.187. The molecule has 0 aliphatic carbocycles. The molecule has 1 aromatic carbocycles. The molecule has 1 aromatic heterocycles. The maximum atomic E-state index is 5.68. The number of benzene rings is 1. The lowest BCUT2D eigenvalue weighted by atomic mass is 9.99. The number of rotatable bonds is 4. The number of hydrazine groups is 1. The standard InChI is InChI=1S/C14H18N2S/c1-10-6-11(2)8-12(7-10)14(16-15)9-13-4-3-5-17-13/h3-8,14,16H,9,15H2,1-2H3. The summed E-state index contributed by atoms with van der Waals surface area (Å²) in [6, 6.07) is 11.0. The predicted molar refractivity (Wildman–Crippen MR) is 74.0 cm³/mol. The molecule has 0 radical (unpaired) electrons. The lowest BCUT2D eigenvalue weighted by molar-refractivity contribution is 0.555. The predicted octanol–water partition coefficient (Wildman–Crippen LogP) is 3.11. The van der Waals surface area contributed by atoms with Crippen LogP contribution >= 0.6 is 11.3 Å². The number of aryl methyl sites for hydroxylation is 2. The van der Waals surface area contributed by atoms with Crippen molar-refractivity contribution in [2.45, 2.75) is 26.3 Å². The van der Waals surface area contributed by atoms with Gasteiger partial charge in [0.2, 0.25) is 0 Å². The molecular formula is C14H18N2S. The maximum absolute atomic E-state index is 5.68. The number of nitrogens with one attached hydrogen (secondary N) is 1. The molecule has 3 heteroatoms. The van der Waals surface area contributed by atoms with E-state index in [9.17, 15) is 0 Å². The van der Waals surface area contributed by atoms with Crippen LogP contribution in [-0.2, 0) is 6.42 Å². The fourth-order valence-corrected chi connectivity index (χ4v) is 2.87. The normalized spacial score (nSPS) is 12.6. The lowest BCUT2D eigenvalue weighted by Gasteiger charge is -2.17. The maximum Gasteiger partial charge on any atom is 0.0508 e. The number of hydrogen-bond acceptors (Lipinski definition) is 3. The van der Waals surface area contributed by atoms with Gasteiger partial charge in [-0.1, -0.05) is 35.4 Å². The van der Waals surface area contributed by atoms with Gasteiger partial charge in [-0.3, -0.25) is 11.3 Å². The van der Waals surface area contributed by atoms with Crippen LogP contribution in [0.3, 0.4) is 0 Å². The van der Waals surface area contributed by atoms with Crippen LogP contribution in [0.1, 0.15) is 27.6 Å². The topological polar surface area (TPSA) is 38.0 Å². The van der Waals surface area contributed by atoms with Crippen LogP contribution in [0.15, 0.2) is 35.7 Å². The van der Waals surface area contributed by atoms with Gasteiger partial charge in [0.1, 0.15) is 0 Å². The molecule has 0 saturated heterocycles. The van der Waals surface area contributed by atoms with Crippen molar-refractivity contribution in [2.24, 2.45) is 5.84 Å². The summed E-state index contributed by atoms with van der Waals surface area (Å²) in [5.74, 6) is 5.68. The molecule has 0 saturated carbocycles. The monoisotopic (exact) mass is 246 g/mol. The van der Waals surface area contributed by atoms with Crippen molar-refractivity contribution in [3.8, 4) is 0 Å². The lowest BCUT2D eigenvalue weighted by Crippen LogP contribution is -2.29. The molecule has 0 bridgehead atoms. The van der Waals surface area contributed by atoms with Crippen LogP contribution in [-0.4, -0.2) is 0 Å². The average molecular weight is 246 g/mol. The zero-order valence-corrected chi connectivity index (χ0v) is 11.1. The molecule has 17 heavy (non-hydrogen) atoms. The van der Waals surface area contributed by atoms with E-state index in [4.69, 9.17) is 5.84 Å². The largest absolute Gasteiger partial charge is 0.271 e. The van der Waals surface area contributed by atoms with Crippen molar-refractivity contribution >= 4 is 11.3 Å². The summed E-state index contributed by atoms with van der Waals surface area (Å²) < 4.78 is 0. The van der Waals surface area contributed by atoms with Crippen LogP contribution < -0.4 is 11.3 Å². The van der Waals surface area contributed by atoms with Crippen LogP contribution in [0, 0.1) is 13.8 Å². The summed E-state index contributed by atoms with van der Waals surface area (Å²) in [6.45, 7) is 4.24. The molecule has 1 atom stereocenters. The van der Waals surface area contributed by atoms with Gasteiger partial charge in [0.15, 0.2) is 0 Å². The highest BCUT2D eigenvalue weighted by molar-refractivity contribution is 7.09. The Morgan fingerprint density at radius 1 is 1.24 bits per heavy atom. The fourth-order valence-electron chi connectivity index (χ4n) is 2.11. The molecule has 2 aromatic rings. The van der Waals surface area contributed by atoms with Crippen molar-refractivity contribution in [1.29, 1.82) is 0 Å². The molecule has 2 rings (SSSR count). The van der Waals surface area contributed by atoms with Crippen LogP contribution in [0.4, 0.5) is 0 Å². The van der Waals surface area contributed by atoms with Crippen molar-refractivity contribution in [2.75, 3.05) is 0 Å². The molecule has 0 aliphatic rings. The Morgan fingerprint density at radius 3 is 2.47 bits per heavy atom. The van der Waals surface area contributed by atoms with Crippen molar-refractivity contribution in [3.05, 3.63) is 57.3 Å². The van der Waals surface area contributed by atoms with Gasteiger partial charge < -0.3 is 0 Å². The van der Waals surface area contributed by atoms with Crippen molar-refractivity contribution in [1.82, 2.24) is 5.43 Å². The second kappa shape index (κ2) is 5.45. The summed E-state index contributed by atoms with van der Waals surface area (Å²) >= 11 is 1.77. The Morgan fingerprint density at radius 2 is 1.94 bits per heavy atom. The first-order valence-corrected chi connectivity index (χ1v) is 6.63. The highest BCUT2D eigenvalue weighted by atomic mass is 32.1. The zero-order chi connectivity index (χ0) is 12.3. The highest BCUT2D eigenvalue weighted by Crippen LogP contribution is 2.22. The van der Waals surface area contributed by atoms with Gasteiger partial charge in [-0.05, 0) is 30.9 Å². The van der Waals surface area contributed by atoms with Gasteiger partial charge in [-0.2, -0.15) is 0 Å². The Bertz CT molecular complexity index is 457. The molecule has 0 spiro atoms. The number of nitrogens with two attached hydrogens (primary N) is 1. The molecule has 90 valence electrons. The summed E-state index contributed by atoms with van der Waals surface area (Å²) in [7, 11) is 0. The Labute approximate surface area is 106 Å². The Kier molecular flexibility index (Phi) is 3.94. The number of thiophene rings is 1. The van der Waals surface area contributed by atoms with Gasteiger partial charge in [0, 0.05) is 11.3 Å². The first-order chi connectivity index (χ1) is 8.19. The molecule has 0 aliphatic heterocycles. The summed E-state index contributed by atoms with van der Waals surface area (Å²) in [4.78, 5) is 1.35. The Hall–Kier alpha value is -1.16.